The van der Waals surface area contributed by atoms with Crippen LogP contribution in [0.15, 0.2) is 22.2 Å². The third-order valence-corrected chi connectivity index (χ3v) is 4.78. The van der Waals surface area contributed by atoms with Gasteiger partial charge in [0.15, 0.2) is 0 Å². The number of carbonyl (C=O) groups is 1. The van der Waals surface area contributed by atoms with Crippen molar-refractivity contribution in [3.05, 3.63) is 38.5 Å². The van der Waals surface area contributed by atoms with E-state index in [1.165, 1.54) is 11.3 Å². The lowest BCUT2D eigenvalue weighted by molar-refractivity contribution is 0.0938. The first-order valence-corrected chi connectivity index (χ1v) is 7.28. The molecule has 2 rings (SSSR count). The number of halogens is 1. The molecule has 1 atom stereocenters. The molecule has 0 saturated carbocycles. The number of aromatic amines is 1. The van der Waals surface area contributed by atoms with Gasteiger partial charge in [0.2, 0.25) is 0 Å². The fourth-order valence-corrected chi connectivity index (χ4v) is 3.07. The Balaban J connectivity index is 2.10. The maximum Gasteiger partial charge on any atom is 0.261 e. The molecule has 2 N–H and O–H groups in total. The van der Waals surface area contributed by atoms with Crippen LogP contribution in [0.1, 0.15) is 40.4 Å². The molecule has 0 aliphatic rings. The van der Waals surface area contributed by atoms with Gasteiger partial charge >= 0.3 is 0 Å². The number of aryl methyl sites for hydroxylation is 1. The highest BCUT2D eigenvalue weighted by atomic mass is 79.9. The summed E-state index contributed by atoms with van der Waals surface area (Å²) in [4.78, 5) is 20.0. The molecule has 6 heteroatoms. The van der Waals surface area contributed by atoms with Crippen LogP contribution in [0.2, 0.25) is 0 Å². The van der Waals surface area contributed by atoms with E-state index in [1.54, 1.807) is 12.4 Å². The number of carbonyl (C=O) groups excluding carboxylic acids is 1. The number of H-pyrrole nitrogens is 1. The number of thiophene rings is 1. The molecular formula is C12H14BrN3OS. The molecule has 2 aromatic rings. The van der Waals surface area contributed by atoms with Crippen LogP contribution in [0.3, 0.4) is 0 Å². The number of nitrogens with one attached hydrogen (secondary N) is 2. The van der Waals surface area contributed by atoms with Gasteiger partial charge in [-0.05, 0) is 40.9 Å². The lowest BCUT2D eigenvalue weighted by atomic mass is 10.2. The van der Waals surface area contributed by atoms with Gasteiger partial charge in [0, 0.05) is 12.4 Å². The second kappa shape index (κ2) is 5.67. The van der Waals surface area contributed by atoms with E-state index in [0.717, 1.165) is 21.6 Å². The molecule has 0 aliphatic heterocycles. The molecule has 0 aromatic carbocycles. The van der Waals surface area contributed by atoms with Crippen LogP contribution in [0.5, 0.6) is 0 Å². The zero-order chi connectivity index (χ0) is 13.1. The van der Waals surface area contributed by atoms with Gasteiger partial charge in [-0.1, -0.05) is 6.92 Å². The molecule has 2 aromatic heterocycles. The first kappa shape index (κ1) is 13.3. The maximum atomic E-state index is 12.1. The number of amides is 1. The SMILES string of the molecule is CCC(NC(=O)c1cc(C)c(Br)s1)c1ncc[nH]1. The molecule has 18 heavy (non-hydrogen) atoms. The molecule has 0 bridgehead atoms. The summed E-state index contributed by atoms with van der Waals surface area (Å²) in [5, 5.41) is 2.98. The van der Waals surface area contributed by atoms with Crippen LogP contribution >= 0.6 is 27.3 Å². The van der Waals surface area contributed by atoms with Crippen molar-refractivity contribution in [2.45, 2.75) is 26.3 Å². The van der Waals surface area contributed by atoms with Crippen LogP contribution in [-0.4, -0.2) is 15.9 Å². The monoisotopic (exact) mass is 327 g/mol. The quantitative estimate of drug-likeness (QED) is 0.903. The first-order chi connectivity index (χ1) is 8.61. The van der Waals surface area contributed by atoms with Gasteiger partial charge in [-0.25, -0.2) is 4.98 Å². The van der Waals surface area contributed by atoms with Gasteiger partial charge in [-0.2, -0.15) is 0 Å². The third-order valence-electron chi connectivity index (χ3n) is 2.64. The minimum absolute atomic E-state index is 0.0583. The zero-order valence-electron chi connectivity index (χ0n) is 10.2. The summed E-state index contributed by atoms with van der Waals surface area (Å²) in [5.41, 5.74) is 1.08. The summed E-state index contributed by atoms with van der Waals surface area (Å²) in [6.07, 6.45) is 4.25. The van der Waals surface area contributed by atoms with Gasteiger partial charge in [0.1, 0.15) is 5.82 Å². The van der Waals surface area contributed by atoms with Gasteiger partial charge in [-0.15, -0.1) is 11.3 Å². The summed E-state index contributed by atoms with van der Waals surface area (Å²) in [5.74, 6) is 0.732. The molecule has 0 spiro atoms. The van der Waals surface area contributed by atoms with Gasteiger partial charge in [0.25, 0.3) is 5.91 Å². The Bertz CT molecular complexity index is 516. The van der Waals surface area contributed by atoms with E-state index in [0.29, 0.717) is 4.88 Å². The maximum absolute atomic E-state index is 12.1. The Morgan fingerprint density at radius 2 is 2.44 bits per heavy atom. The largest absolute Gasteiger partial charge is 0.347 e. The molecule has 4 nitrogen and oxygen atoms in total. The van der Waals surface area contributed by atoms with E-state index in [2.05, 4.69) is 31.2 Å². The highest BCUT2D eigenvalue weighted by Crippen LogP contribution is 2.27. The Morgan fingerprint density at radius 1 is 1.67 bits per heavy atom. The summed E-state index contributed by atoms with van der Waals surface area (Å²) in [6, 6.07) is 1.81. The van der Waals surface area contributed by atoms with Crippen LogP contribution < -0.4 is 5.32 Å². The predicted octanol–water partition coefficient (Wildman–Crippen LogP) is 3.42. The molecule has 0 saturated heterocycles. The van der Waals surface area contributed by atoms with Gasteiger partial charge in [-0.3, -0.25) is 4.79 Å². The predicted molar refractivity (Wildman–Crippen MR) is 75.8 cm³/mol. The minimum atomic E-state index is -0.0753. The van der Waals surface area contributed by atoms with E-state index < -0.39 is 0 Å². The third kappa shape index (κ3) is 2.81. The van der Waals surface area contributed by atoms with Crippen molar-refractivity contribution in [2.24, 2.45) is 0 Å². The van der Waals surface area contributed by atoms with Crippen molar-refractivity contribution < 1.29 is 4.79 Å². The van der Waals surface area contributed by atoms with E-state index >= 15 is 0 Å². The van der Waals surface area contributed by atoms with E-state index in [9.17, 15) is 4.79 Å². The number of imidazole rings is 1. The van der Waals surface area contributed by atoms with Crippen molar-refractivity contribution in [1.29, 1.82) is 0 Å². The lowest BCUT2D eigenvalue weighted by Crippen LogP contribution is -2.28. The highest BCUT2D eigenvalue weighted by molar-refractivity contribution is 9.11. The van der Waals surface area contributed by atoms with Crippen molar-refractivity contribution in [1.82, 2.24) is 15.3 Å². The summed E-state index contributed by atoms with van der Waals surface area (Å²) < 4.78 is 0.999. The smallest absolute Gasteiger partial charge is 0.261 e. The van der Waals surface area contributed by atoms with Crippen molar-refractivity contribution in [3.8, 4) is 0 Å². The number of nitrogens with zero attached hydrogens (tertiary/aromatic N) is 1. The Morgan fingerprint density at radius 3 is 2.94 bits per heavy atom. The first-order valence-electron chi connectivity index (χ1n) is 5.68. The second-order valence-corrected chi connectivity index (χ2v) is 6.35. The minimum Gasteiger partial charge on any atom is -0.347 e. The normalized spacial score (nSPS) is 12.4. The standard InChI is InChI=1S/C12H14BrN3OS/c1-3-8(11-14-4-5-15-11)16-12(17)9-6-7(2)10(13)18-9/h4-6,8H,3H2,1-2H3,(H,14,15)(H,16,17). The van der Waals surface area contributed by atoms with Crippen LogP contribution in [0.4, 0.5) is 0 Å². The van der Waals surface area contributed by atoms with Gasteiger partial charge < -0.3 is 10.3 Å². The van der Waals surface area contributed by atoms with E-state index in [-0.39, 0.29) is 11.9 Å². The Hall–Kier alpha value is -1.14. The zero-order valence-corrected chi connectivity index (χ0v) is 12.6. The molecule has 0 radical (unpaired) electrons. The fourth-order valence-electron chi connectivity index (χ4n) is 1.63. The van der Waals surface area contributed by atoms with E-state index in [4.69, 9.17) is 0 Å². The Kier molecular flexibility index (Phi) is 4.19. The number of rotatable bonds is 4. The molecule has 2 heterocycles. The molecule has 96 valence electrons. The van der Waals surface area contributed by atoms with E-state index in [1.807, 2.05) is 19.9 Å². The Labute approximate surface area is 118 Å². The summed E-state index contributed by atoms with van der Waals surface area (Å²) in [6.45, 7) is 3.99. The van der Waals surface area contributed by atoms with Crippen molar-refractivity contribution in [2.75, 3.05) is 0 Å². The van der Waals surface area contributed by atoms with Crippen molar-refractivity contribution in [3.63, 3.8) is 0 Å². The average Bonchev–Trinajstić information content (AvgIpc) is 2.97. The van der Waals surface area contributed by atoms with Gasteiger partial charge in [0.05, 0.1) is 14.7 Å². The van der Waals surface area contributed by atoms with Crippen LogP contribution in [0, 0.1) is 6.92 Å². The molecule has 0 aliphatic carbocycles. The van der Waals surface area contributed by atoms with Crippen LogP contribution in [0.25, 0.3) is 0 Å². The molecule has 1 unspecified atom stereocenters. The summed E-state index contributed by atoms with van der Waals surface area (Å²) in [7, 11) is 0. The topological polar surface area (TPSA) is 57.8 Å². The molecular weight excluding hydrogens is 314 g/mol. The number of hydrogen-bond donors (Lipinski definition) is 2. The average molecular weight is 328 g/mol. The highest BCUT2D eigenvalue weighted by Gasteiger charge is 2.17. The number of hydrogen-bond acceptors (Lipinski definition) is 3. The second-order valence-electron chi connectivity index (χ2n) is 3.98. The fraction of sp³-hybridized carbons (Fsp3) is 0.333. The van der Waals surface area contributed by atoms with Crippen molar-refractivity contribution >= 4 is 33.2 Å². The lowest BCUT2D eigenvalue weighted by Gasteiger charge is -2.13. The molecule has 1 amide bonds. The molecule has 0 fully saturated rings. The summed E-state index contributed by atoms with van der Waals surface area (Å²) >= 11 is 4.87. The number of aromatic nitrogens is 2. The van der Waals surface area contributed by atoms with Crippen LogP contribution in [-0.2, 0) is 0 Å².